The van der Waals surface area contributed by atoms with Crippen LogP contribution >= 0.6 is 11.8 Å². The summed E-state index contributed by atoms with van der Waals surface area (Å²) >= 11 is 1.89. The number of hydrogen-bond donors (Lipinski definition) is 1. The molecule has 1 unspecified atom stereocenters. The van der Waals surface area contributed by atoms with E-state index in [2.05, 4.69) is 9.97 Å². The molecule has 4 heteroatoms. The number of aromatic amines is 1. The minimum absolute atomic E-state index is 0.0452. The summed E-state index contributed by atoms with van der Waals surface area (Å²) in [5.41, 5.74) is -0.0452. The first-order chi connectivity index (χ1) is 6.36. The van der Waals surface area contributed by atoms with Crippen molar-refractivity contribution in [1.82, 2.24) is 9.97 Å². The minimum atomic E-state index is -0.0452. The first-order valence-corrected chi connectivity index (χ1v) is 5.58. The van der Waals surface area contributed by atoms with Crippen LogP contribution in [-0.2, 0) is 0 Å². The van der Waals surface area contributed by atoms with Gasteiger partial charge in [-0.2, -0.15) is 11.8 Å². The lowest BCUT2D eigenvalue weighted by Gasteiger charge is -2.19. The summed E-state index contributed by atoms with van der Waals surface area (Å²) in [7, 11) is 0. The van der Waals surface area contributed by atoms with E-state index in [0.29, 0.717) is 5.25 Å². The number of nitrogens with zero attached hydrogens (tertiary/aromatic N) is 1. The summed E-state index contributed by atoms with van der Waals surface area (Å²) in [5.74, 6) is 2.03. The molecular weight excluding hydrogens is 184 g/mol. The van der Waals surface area contributed by atoms with E-state index in [-0.39, 0.29) is 5.56 Å². The number of nitrogens with one attached hydrogen (secondary N) is 1. The van der Waals surface area contributed by atoms with Crippen molar-refractivity contribution in [2.24, 2.45) is 0 Å². The molecule has 13 heavy (non-hydrogen) atoms. The molecule has 70 valence electrons. The molecule has 0 aliphatic carbocycles. The second-order valence-corrected chi connectivity index (χ2v) is 4.49. The second kappa shape index (κ2) is 3.96. The van der Waals surface area contributed by atoms with Crippen molar-refractivity contribution >= 4 is 11.8 Å². The predicted octanol–water partition coefficient (Wildman–Crippen LogP) is 1.73. The molecule has 1 aromatic rings. The molecule has 0 saturated carbocycles. The van der Waals surface area contributed by atoms with Crippen LogP contribution in [0.5, 0.6) is 0 Å². The summed E-state index contributed by atoms with van der Waals surface area (Å²) < 4.78 is 0. The van der Waals surface area contributed by atoms with E-state index >= 15 is 0 Å². The Morgan fingerprint density at radius 1 is 1.54 bits per heavy atom. The van der Waals surface area contributed by atoms with Gasteiger partial charge in [0.05, 0.1) is 5.25 Å². The maximum Gasteiger partial charge on any atom is 0.250 e. The highest BCUT2D eigenvalue weighted by Gasteiger charge is 2.17. The summed E-state index contributed by atoms with van der Waals surface area (Å²) in [6, 6.07) is 1.46. The molecule has 0 bridgehead atoms. The molecule has 2 rings (SSSR count). The Kier molecular flexibility index (Phi) is 2.68. The summed E-state index contributed by atoms with van der Waals surface area (Å²) in [6.45, 7) is 0. The maximum atomic E-state index is 11.0. The van der Waals surface area contributed by atoms with Gasteiger partial charge < -0.3 is 4.98 Å². The Hall–Kier alpha value is -0.770. The Balaban J connectivity index is 2.19. The van der Waals surface area contributed by atoms with Crippen LogP contribution in [0.4, 0.5) is 0 Å². The van der Waals surface area contributed by atoms with Crippen molar-refractivity contribution in [3.63, 3.8) is 0 Å². The third-order valence-electron chi connectivity index (χ3n) is 2.18. The zero-order valence-electron chi connectivity index (χ0n) is 7.32. The highest BCUT2D eigenvalue weighted by Crippen LogP contribution is 2.35. The van der Waals surface area contributed by atoms with Gasteiger partial charge >= 0.3 is 0 Å². The number of thioether (sulfide) groups is 1. The van der Waals surface area contributed by atoms with Crippen molar-refractivity contribution in [3.05, 3.63) is 28.4 Å². The summed E-state index contributed by atoms with van der Waals surface area (Å²) in [5, 5.41) is 0.405. The van der Waals surface area contributed by atoms with Crippen LogP contribution in [0, 0.1) is 0 Å². The normalized spacial score (nSPS) is 22.9. The van der Waals surface area contributed by atoms with Crippen molar-refractivity contribution in [2.45, 2.75) is 24.5 Å². The largest absolute Gasteiger partial charge is 0.310 e. The molecule has 2 heterocycles. The van der Waals surface area contributed by atoms with Crippen LogP contribution in [0.3, 0.4) is 0 Å². The van der Waals surface area contributed by atoms with Crippen LogP contribution < -0.4 is 5.56 Å². The molecular formula is C9H12N2OS. The third-order valence-corrected chi connectivity index (χ3v) is 3.56. The van der Waals surface area contributed by atoms with Gasteiger partial charge in [0.2, 0.25) is 0 Å². The van der Waals surface area contributed by atoms with Crippen molar-refractivity contribution in [3.8, 4) is 0 Å². The standard InChI is InChI=1S/C9H12N2OS/c12-8-4-5-10-9(11-8)7-3-1-2-6-13-7/h4-5,7H,1-3,6H2,(H,10,11,12). The smallest absolute Gasteiger partial charge is 0.250 e. The van der Waals surface area contributed by atoms with Crippen LogP contribution in [0.25, 0.3) is 0 Å². The maximum absolute atomic E-state index is 11.0. The Labute approximate surface area is 81.0 Å². The highest BCUT2D eigenvalue weighted by molar-refractivity contribution is 7.99. The molecule has 1 aromatic heterocycles. The van der Waals surface area contributed by atoms with Gasteiger partial charge in [-0.3, -0.25) is 4.79 Å². The van der Waals surface area contributed by atoms with Gasteiger partial charge in [-0.05, 0) is 18.6 Å². The van der Waals surface area contributed by atoms with E-state index < -0.39 is 0 Å². The number of rotatable bonds is 1. The van der Waals surface area contributed by atoms with Gasteiger partial charge in [0, 0.05) is 12.3 Å². The van der Waals surface area contributed by atoms with Gasteiger partial charge in [0.25, 0.3) is 5.56 Å². The highest BCUT2D eigenvalue weighted by atomic mass is 32.2. The van der Waals surface area contributed by atoms with Gasteiger partial charge in [0.1, 0.15) is 5.82 Å². The average molecular weight is 196 g/mol. The lowest BCUT2D eigenvalue weighted by atomic mass is 10.2. The van der Waals surface area contributed by atoms with E-state index in [1.165, 1.54) is 24.7 Å². The molecule has 0 spiro atoms. The van der Waals surface area contributed by atoms with Gasteiger partial charge in [-0.1, -0.05) is 6.42 Å². The Morgan fingerprint density at radius 2 is 2.46 bits per heavy atom. The van der Waals surface area contributed by atoms with Crippen molar-refractivity contribution < 1.29 is 0 Å². The lowest BCUT2D eigenvalue weighted by Crippen LogP contribution is -2.13. The molecule has 0 aromatic carbocycles. The fourth-order valence-corrected chi connectivity index (χ4v) is 2.77. The zero-order chi connectivity index (χ0) is 9.10. The zero-order valence-corrected chi connectivity index (χ0v) is 8.14. The van der Waals surface area contributed by atoms with E-state index in [4.69, 9.17) is 0 Å². The quantitative estimate of drug-likeness (QED) is 0.744. The molecule has 1 aliphatic rings. The fourth-order valence-electron chi connectivity index (χ4n) is 1.51. The SMILES string of the molecule is O=c1ccnc(C2CCCCS2)[nH]1. The first kappa shape index (κ1) is 8.81. The fraction of sp³-hybridized carbons (Fsp3) is 0.556. The average Bonchev–Trinajstić information content (AvgIpc) is 2.19. The van der Waals surface area contributed by atoms with Gasteiger partial charge in [-0.15, -0.1) is 0 Å². The minimum Gasteiger partial charge on any atom is -0.310 e. The monoisotopic (exact) mass is 196 g/mol. The van der Waals surface area contributed by atoms with E-state index in [1.54, 1.807) is 6.20 Å². The van der Waals surface area contributed by atoms with E-state index in [9.17, 15) is 4.79 Å². The lowest BCUT2D eigenvalue weighted by molar-refractivity contribution is 0.660. The molecule has 1 fully saturated rings. The van der Waals surface area contributed by atoms with Crippen molar-refractivity contribution in [2.75, 3.05) is 5.75 Å². The van der Waals surface area contributed by atoms with Crippen LogP contribution in [0.15, 0.2) is 17.1 Å². The second-order valence-electron chi connectivity index (χ2n) is 3.17. The number of hydrogen-bond acceptors (Lipinski definition) is 3. The topological polar surface area (TPSA) is 45.8 Å². The molecule has 0 radical (unpaired) electrons. The molecule has 1 saturated heterocycles. The van der Waals surface area contributed by atoms with Crippen molar-refractivity contribution in [1.29, 1.82) is 0 Å². The molecule has 3 nitrogen and oxygen atoms in total. The first-order valence-electron chi connectivity index (χ1n) is 4.53. The molecule has 1 atom stereocenters. The summed E-state index contributed by atoms with van der Waals surface area (Å²) in [4.78, 5) is 18.0. The number of aromatic nitrogens is 2. The van der Waals surface area contributed by atoms with E-state index in [0.717, 1.165) is 12.2 Å². The summed E-state index contributed by atoms with van der Waals surface area (Å²) in [6.07, 6.45) is 5.26. The van der Waals surface area contributed by atoms with Gasteiger partial charge in [-0.25, -0.2) is 4.98 Å². The Morgan fingerprint density at radius 3 is 3.15 bits per heavy atom. The Bertz CT molecular complexity index is 330. The van der Waals surface area contributed by atoms with E-state index in [1.807, 2.05) is 11.8 Å². The number of H-pyrrole nitrogens is 1. The van der Waals surface area contributed by atoms with Gasteiger partial charge in [0.15, 0.2) is 0 Å². The van der Waals surface area contributed by atoms with Crippen LogP contribution in [0.1, 0.15) is 30.3 Å². The molecule has 1 N–H and O–H groups in total. The molecule has 0 amide bonds. The molecule has 1 aliphatic heterocycles. The third kappa shape index (κ3) is 2.12. The van der Waals surface area contributed by atoms with Crippen LogP contribution in [-0.4, -0.2) is 15.7 Å². The predicted molar refractivity (Wildman–Crippen MR) is 53.9 cm³/mol. The van der Waals surface area contributed by atoms with Crippen LogP contribution in [0.2, 0.25) is 0 Å².